The van der Waals surface area contributed by atoms with Gasteiger partial charge in [-0.1, -0.05) is 35.9 Å². The van der Waals surface area contributed by atoms with E-state index in [2.05, 4.69) is 10.5 Å². The zero-order valence-corrected chi connectivity index (χ0v) is 17.2. The van der Waals surface area contributed by atoms with Crippen molar-refractivity contribution in [1.29, 1.82) is 0 Å². The molecular formula is C22H16ClN3O6. The number of nitrogens with zero attached hydrogens (tertiary/aromatic N) is 2. The second-order valence-corrected chi connectivity index (χ2v) is 6.71. The first-order valence-electron chi connectivity index (χ1n) is 9.18. The van der Waals surface area contributed by atoms with Gasteiger partial charge in [-0.05, 0) is 48.0 Å². The van der Waals surface area contributed by atoms with E-state index in [4.69, 9.17) is 21.1 Å². The minimum Gasteiger partial charge on any atom is -0.477 e. The molecule has 0 bridgehead atoms. The largest absolute Gasteiger partial charge is 0.477 e. The summed E-state index contributed by atoms with van der Waals surface area (Å²) >= 11 is 5.81. The van der Waals surface area contributed by atoms with Crippen LogP contribution in [-0.2, 0) is 4.79 Å². The number of amides is 1. The summed E-state index contributed by atoms with van der Waals surface area (Å²) in [5.41, 5.74) is 2.92. The van der Waals surface area contributed by atoms with Crippen molar-refractivity contribution in [3.05, 3.63) is 99.1 Å². The van der Waals surface area contributed by atoms with E-state index in [1.807, 2.05) is 0 Å². The van der Waals surface area contributed by atoms with Crippen molar-refractivity contribution in [3.8, 4) is 11.5 Å². The molecule has 32 heavy (non-hydrogen) atoms. The van der Waals surface area contributed by atoms with E-state index in [-0.39, 0.29) is 11.4 Å². The van der Waals surface area contributed by atoms with Gasteiger partial charge in [0.2, 0.25) is 0 Å². The Labute approximate surface area is 187 Å². The quantitative estimate of drug-likeness (QED) is 0.181. The fourth-order valence-corrected chi connectivity index (χ4v) is 2.62. The van der Waals surface area contributed by atoms with Crippen LogP contribution >= 0.6 is 11.6 Å². The van der Waals surface area contributed by atoms with Gasteiger partial charge < -0.3 is 9.47 Å². The molecule has 0 radical (unpaired) electrons. The molecular weight excluding hydrogens is 438 g/mol. The molecule has 0 saturated carbocycles. The van der Waals surface area contributed by atoms with Gasteiger partial charge in [0.15, 0.2) is 12.4 Å². The number of para-hydroxylation sites is 2. The van der Waals surface area contributed by atoms with Crippen LogP contribution in [-0.4, -0.2) is 29.6 Å². The Morgan fingerprint density at radius 1 is 1.06 bits per heavy atom. The minimum atomic E-state index is -0.607. The number of halogens is 1. The maximum absolute atomic E-state index is 12.2. The summed E-state index contributed by atoms with van der Waals surface area (Å²) in [7, 11) is 0. The third kappa shape index (κ3) is 6.38. The highest BCUT2D eigenvalue weighted by molar-refractivity contribution is 6.30. The first kappa shape index (κ1) is 22.4. The van der Waals surface area contributed by atoms with Crippen LogP contribution in [0.5, 0.6) is 11.5 Å². The Morgan fingerprint density at radius 3 is 2.56 bits per heavy atom. The van der Waals surface area contributed by atoms with Crippen LogP contribution in [0.3, 0.4) is 0 Å². The van der Waals surface area contributed by atoms with Crippen molar-refractivity contribution in [3.63, 3.8) is 0 Å². The number of nitro benzene ring substituents is 1. The number of ether oxygens (including phenoxy) is 2. The number of benzene rings is 3. The minimum absolute atomic E-state index is 0.0214. The molecule has 0 aromatic heterocycles. The molecule has 0 unspecified atom stereocenters. The molecule has 0 aliphatic carbocycles. The van der Waals surface area contributed by atoms with E-state index in [0.29, 0.717) is 21.9 Å². The van der Waals surface area contributed by atoms with E-state index in [1.54, 1.807) is 54.6 Å². The van der Waals surface area contributed by atoms with Gasteiger partial charge >= 0.3 is 11.7 Å². The SMILES string of the molecule is O=C(COc1ccccc1[N+](=O)[O-])N/N=C/c1cccc(OC(=O)c2ccc(Cl)cc2)c1. The molecule has 3 aromatic carbocycles. The fourth-order valence-electron chi connectivity index (χ4n) is 2.49. The molecule has 0 saturated heterocycles. The molecule has 0 atom stereocenters. The third-order valence-electron chi connectivity index (χ3n) is 3.97. The lowest BCUT2D eigenvalue weighted by atomic mass is 10.2. The molecule has 9 nitrogen and oxygen atoms in total. The van der Waals surface area contributed by atoms with Gasteiger partial charge in [0, 0.05) is 11.1 Å². The van der Waals surface area contributed by atoms with Crippen molar-refractivity contribution in [1.82, 2.24) is 5.43 Å². The predicted molar refractivity (Wildman–Crippen MR) is 117 cm³/mol. The maximum atomic E-state index is 12.2. The molecule has 1 amide bonds. The summed E-state index contributed by atoms with van der Waals surface area (Å²) < 4.78 is 10.5. The normalized spacial score (nSPS) is 10.5. The highest BCUT2D eigenvalue weighted by Crippen LogP contribution is 2.25. The fraction of sp³-hybridized carbons (Fsp3) is 0.0455. The van der Waals surface area contributed by atoms with Crippen LogP contribution < -0.4 is 14.9 Å². The summed E-state index contributed by atoms with van der Waals surface area (Å²) in [5.74, 6) is -0.882. The zero-order valence-electron chi connectivity index (χ0n) is 16.4. The molecule has 0 aliphatic heterocycles. The molecule has 3 aromatic rings. The number of rotatable bonds is 8. The van der Waals surface area contributed by atoms with Crippen molar-refractivity contribution in [2.45, 2.75) is 0 Å². The highest BCUT2D eigenvalue weighted by atomic mass is 35.5. The van der Waals surface area contributed by atoms with Gasteiger partial charge in [0.25, 0.3) is 5.91 Å². The van der Waals surface area contributed by atoms with Crippen LogP contribution in [0, 0.1) is 10.1 Å². The summed E-state index contributed by atoms with van der Waals surface area (Å²) in [6.45, 7) is -0.457. The number of hydrogen-bond acceptors (Lipinski definition) is 7. The number of nitrogens with one attached hydrogen (secondary N) is 1. The maximum Gasteiger partial charge on any atom is 0.343 e. The molecule has 0 fully saturated rings. The van der Waals surface area contributed by atoms with Gasteiger partial charge in [-0.25, -0.2) is 10.2 Å². The first-order valence-corrected chi connectivity index (χ1v) is 9.56. The molecule has 162 valence electrons. The lowest BCUT2D eigenvalue weighted by Crippen LogP contribution is -2.24. The number of carbonyl (C=O) groups excluding carboxylic acids is 2. The van der Waals surface area contributed by atoms with Gasteiger partial charge in [0.05, 0.1) is 16.7 Å². The van der Waals surface area contributed by atoms with Gasteiger partial charge in [-0.2, -0.15) is 5.10 Å². The summed E-state index contributed by atoms with van der Waals surface area (Å²) in [6.07, 6.45) is 1.35. The Bertz CT molecular complexity index is 1160. The van der Waals surface area contributed by atoms with Crippen molar-refractivity contribution in [2.24, 2.45) is 5.10 Å². The topological polar surface area (TPSA) is 120 Å². The Morgan fingerprint density at radius 2 is 1.81 bits per heavy atom. The summed E-state index contributed by atoms with van der Waals surface area (Å²) in [6, 6.07) is 18.5. The molecule has 3 rings (SSSR count). The second kappa shape index (κ2) is 10.7. The van der Waals surface area contributed by atoms with E-state index < -0.39 is 23.4 Å². The highest BCUT2D eigenvalue weighted by Gasteiger charge is 2.14. The van der Waals surface area contributed by atoms with Gasteiger partial charge in [-0.3, -0.25) is 14.9 Å². The average molecular weight is 454 g/mol. The number of hydrazone groups is 1. The van der Waals surface area contributed by atoms with Crippen LogP contribution in [0.1, 0.15) is 15.9 Å². The smallest absolute Gasteiger partial charge is 0.343 e. The Kier molecular flexibility index (Phi) is 7.50. The molecule has 0 heterocycles. The van der Waals surface area contributed by atoms with Crippen LogP contribution in [0.15, 0.2) is 77.9 Å². The average Bonchev–Trinajstić information content (AvgIpc) is 2.78. The monoisotopic (exact) mass is 453 g/mol. The first-order chi connectivity index (χ1) is 15.4. The predicted octanol–water partition coefficient (Wildman–Crippen LogP) is 4.00. The standard InChI is InChI=1S/C22H16ClN3O6/c23-17-10-8-16(9-11-17)22(28)32-18-5-3-4-15(12-18)13-24-25-21(27)14-31-20-7-2-1-6-19(20)26(29)30/h1-13H,14H2,(H,25,27)/b24-13+. The van der Waals surface area contributed by atoms with Crippen molar-refractivity contribution >= 4 is 35.4 Å². The van der Waals surface area contributed by atoms with Gasteiger partial charge in [0.1, 0.15) is 5.75 Å². The molecule has 0 spiro atoms. The number of hydrogen-bond donors (Lipinski definition) is 1. The molecule has 0 aliphatic rings. The Hall–Kier alpha value is -4.24. The second-order valence-electron chi connectivity index (χ2n) is 6.28. The zero-order chi connectivity index (χ0) is 22.9. The van der Waals surface area contributed by atoms with Crippen LogP contribution in [0.25, 0.3) is 0 Å². The van der Waals surface area contributed by atoms with E-state index in [9.17, 15) is 19.7 Å². The number of esters is 1. The lowest BCUT2D eigenvalue weighted by molar-refractivity contribution is -0.385. The number of carbonyl (C=O) groups is 2. The molecule has 10 heteroatoms. The Balaban J connectivity index is 1.53. The van der Waals surface area contributed by atoms with Crippen LogP contribution in [0.2, 0.25) is 5.02 Å². The summed E-state index contributed by atoms with van der Waals surface area (Å²) in [5, 5.41) is 15.3. The van der Waals surface area contributed by atoms with E-state index in [1.165, 1.54) is 24.4 Å². The van der Waals surface area contributed by atoms with Crippen molar-refractivity contribution in [2.75, 3.05) is 6.61 Å². The third-order valence-corrected chi connectivity index (χ3v) is 4.22. The van der Waals surface area contributed by atoms with E-state index in [0.717, 1.165) is 0 Å². The molecule has 1 N–H and O–H groups in total. The van der Waals surface area contributed by atoms with Gasteiger partial charge in [-0.15, -0.1) is 0 Å². The summed E-state index contributed by atoms with van der Waals surface area (Å²) in [4.78, 5) is 34.4. The van der Waals surface area contributed by atoms with E-state index >= 15 is 0 Å². The number of nitro groups is 1. The lowest BCUT2D eigenvalue weighted by Gasteiger charge is -2.06. The van der Waals surface area contributed by atoms with Crippen molar-refractivity contribution < 1.29 is 24.0 Å². The van der Waals surface area contributed by atoms with Crippen LogP contribution in [0.4, 0.5) is 5.69 Å².